The van der Waals surface area contributed by atoms with Crippen molar-refractivity contribution in [2.45, 2.75) is 33.6 Å². The number of rotatable bonds is 4. The third-order valence-electron chi connectivity index (χ3n) is 4.06. The number of benzene rings is 1. The number of carbonyl (C=O) groups is 1. The smallest absolute Gasteiger partial charge is 0.266 e. The Balaban J connectivity index is 0.00000312. The largest absolute Gasteiger partial charge is 0.399 e. The predicted molar refractivity (Wildman–Crippen MR) is 101 cm³/mol. The number of hydrogen-bond donors (Lipinski definition) is 3. The first-order valence-corrected chi connectivity index (χ1v) is 7.62. The van der Waals surface area contributed by atoms with Gasteiger partial charge in [0.1, 0.15) is 11.6 Å². The van der Waals surface area contributed by atoms with Crippen LogP contribution in [-0.2, 0) is 11.2 Å². The van der Waals surface area contributed by atoms with Crippen LogP contribution in [0.3, 0.4) is 0 Å². The van der Waals surface area contributed by atoms with Gasteiger partial charge in [-0.1, -0.05) is 6.07 Å². The van der Waals surface area contributed by atoms with Crippen molar-refractivity contribution in [3.05, 3.63) is 56.5 Å². The number of aryl methyl sites for hydroxylation is 2. The molecule has 1 amide bonds. The summed E-state index contributed by atoms with van der Waals surface area (Å²) in [5.74, 6) is -0.146. The second kappa shape index (κ2) is 8.36. The highest BCUT2D eigenvalue weighted by atomic mass is 35.5. The Morgan fingerprint density at radius 1 is 1.32 bits per heavy atom. The Labute approximate surface area is 152 Å². The lowest BCUT2D eigenvalue weighted by Crippen LogP contribution is -2.18. The standard InChI is InChI=1S/C18H20N4O2.ClH/c1-10-4-5-13(20)8-16(10)22-17(23)7-6-14-11(2)15(9-19)18(24)21-12(14)3;/h4-5,8H,6-7,20H2,1-3H3,(H,21,24)(H,22,23);1H. The Morgan fingerprint density at radius 2 is 2.00 bits per heavy atom. The number of aromatic nitrogens is 1. The molecule has 6 nitrogen and oxygen atoms in total. The zero-order chi connectivity index (χ0) is 17.9. The fourth-order valence-corrected chi connectivity index (χ4v) is 2.65. The molecule has 1 heterocycles. The summed E-state index contributed by atoms with van der Waals surface area (Å²) in [7, 11) is 0. The van der Waals surface area contributed by atoms with Crippen molar-refractivity contribution in [3.63, 3.8) is 0 Å². The van der Waals surface area contributed by atoms with Crippen molar-refractivity contribution in [2.24, 2.45) is 0 Å². The van der Waals surface area contributed by atoms with Crippen LogP contribution in [-0.4, -0.2) is 10.9 Å². The Hall–Kier alpha value is -2.78. The van der Waals surface area contributed by atoms with Gasteiger partial charge in [-0.3, -0.25) is 9.59 Å². The fraction of sp³-hybridized carbons (Fsp3) is 0.278. The highest BCUT2D eigenvalue weighted by Crippen LogP contribution is 2.19. The number of H-pyrrole nitrogens is 1. The van der Waals surface area contributed by atoms with E-state index in [4.69, 9.17) is 11.0 Å². The number of nitriles is 1. The van der Waals surface area contributed by atoms with Crippen LogP contribution in [0.5, 0.6) is 0 Å². The lowest BCUT2D eigenvalue weighted by Gasteiger charge is -2.12. The first-order valence-electron chi connectivity index (χ1n) is 7.62. The number of nitrogens with two attached hydrogens (primary N) is 1. The molecule has 25 heavy (non-hydrogen) atoms. The molecule has 0 aliphatic heterocycles. The van der Waals surface area contributed by atoms with Crippen LogP contribution in [0.4, 0.5) is 11.4 Å². The van der Waals surface area contributed by atoms with Gasteiger partial charge in [0.2, 0.25) is 5.91 Å². The van der Waals surface area contributed by atoms with E-state index < -0.39 is 5.56 Å². The third kappa shape index (κ3) is 4.61. The van der Waals surface area contributed by atoms with E-state index in [2.05, 4.69) is 10.3 Å². The van der Waals surface area contributed by atoms with Crippen molar-refractivity contribution in [1.82, 2.24) is 4.98 Å². The van der Waals surface area contributed by atoms with E-state index in [1.807, 2.05) is 19.1 Å². The van der Waals surface area contributed by atoms with Gasteiger partial charge in [-0.15, -0.1) is 12.4 Å². The van der Waals surface area contributed by atoms with Crippen molar-refractivity contribution < 1.29 is 4.79 Å². The topological polar surface area (TPSA) is 112 Å². The number of carbonyl (C=O) groups excluding carboxylic acids is 1. The normalized spacial score (nSPS) is 9.84. The van der Waals surface area contributed by atoms with Gasteiger partial charge < -0.3 is 16.0 Å². The van der Waals surface area contributed by atoms with Crippen LogP contribution in [0.2, 0.25) is 0 Å². The molecular formula is C18H21ClN4O2. The number of nitrogens with zero attached hydrogens (tertiary/aromatic N) is 1. The average molecular weight is 361 g/mol. The number of amides is 1. The Bertz CT molecular complexity index is 897. The number of nitrogen functional groups attached to an aromatic ring is 1. The van der Waals surface area contributed by atoms with E-state index in [-0.39, 0.29) is 30.3 Å². The van der Waals surface area contributed by atoms with E-state index in [0.29, 0.717) is 29.1 Å². The number of anilines is 2. The van der Waals surface area contributed by atoms with Crippen molar-refractivity contribution >= 4 is 29.7 Å². The monoisotopic (exact) mass is 360 g/mol. The summed E-state index contributed by atoms with van der Waals surface area (Å²) in [5, 5.41) is 11.9. The first kappa shape index (κ1) is 20.3. The van der Waals surface area contributed by atoms with Gasteiger partial charge in [-0.25, -0.2) is 0 Å². The summed E-state index contributed by atoms with van der Waals surface area (Å²) >= 11 is 0. The van der Waals surface area contributed by atoms with Gasteiger partial charge in [0.25, 0.3) is 5.56 Å². The van der Waals surface area contributed by atoms with Gasteiger partial charge >= 0.3 is 0 Å². The molecule has 0 spiro atoms. The van der Waals surface area contributed by atoms with E-state index in [0.717, 1.165) is 11.1 Å². The van der Waals surface area contributed by atoms with Gasteiger partial charge in [-0.2, -0.15) is 5.26 Å². The Kier molecular flexibility index (Phi) is 6.77. The maximum absolute atomic E-state index is 12.2. The molecular weight excluding hydrogens is 340 g/mol. The minimum Gasteiger partial charge on any atom is -0.399 e. The molecule has 0 atom stereocenters. The highest BCUT2D eigenvalue weighted by molar-refractivity contribution is 5.92. The van der Waals surface area contributed by atoms with Crippen molar-refractivity contribution in [3.8, 4) is 6.07 Å². The Morgan fingerprint density at radius 3 is 2.64 bits per heavy atom. The van der Waals surface area contributed by atoms with Gasteiger partial charge in [0, 0.05) is 23.5 Å². The first-order chi connectivity index (χ1) is 11.3. The molecule has 0 saturated heterocycles. The minimum absolute atomic E-state index is 0. The molecule has 2 rings (SSSR count). The van der Waals surface area contributed by atoms with Crippen LogP contribution in [0.1, 0.15) is 34.4 Å². The molecule has 0 aliphatic carbocycles. The van der Waals surface area contributed by atoms with Crippen LogP contribution >= 0.6 is 12.4 Å². The summed E-state index contributed by atoms with van der Waals surface area (Å²) in [6, 6.07) is 7.26. The summed E-state index contributed by atoms with van der Waals surface area (Å²) in [5.41, 5.74) is 9.79. The van der Waals surface area contributed by atoms with E-state index in [9.17, 15) is 9.59 Å². The summed E-state index contributed by atoms with van der Waals surface area (Å²) in [6.07, 6.45) is 0.684. The summed E-state index contributed by atoms with van der Waals surface area (Å²) < 4.78 is 0. The number of aromatic amines is 1. The molecule has 0 bridgehead atoms. The SMILES string of the molecule is Cc1ccc(N)cc1NC(=O)CCc1c(C)[nH]c(=O)c(C#N)c1C.Cl. The lowest BCUT2D eigenvalue weighted by atomic mass is 9.99. The molecule has 0 fully saturated rings. The van der Waals surface area contributed by atoms with Crippen LogP contribution in [0, 0.1) is 32.1 Å². The maximum atomic E-state index is 12.2. The van der Waals surface area contributed by atoms with Crippen LogP contribution in [0.15, 0.2) is 23.0 Å². The molecule has 0 aliphatic rings. The van der Waals surface area contributed by atoms with Gasteiger partial charge in [0.15, 0.2) is 0 Å². The average Bonchev–Trinajstić information content (AvgIpc) is 2.50. The summed E-state index contributed by atoms with van der Waals surface area (Å²) in [6.45, 7) is 5.39. The molecule has 0 radical (unpaired) electrons. The quantitative estimate of drug-likeness (QED) is 0.727. The molecule has 4 N–H and O–H groups in total. The molecule has 0 saturated carbocycles. The second-order valence-electron chi connectivity index (χ2n) is 5.79. The van der Waals surface area contributed by atoms with Crippen molar-refractivity contribution in [1.29, 1.82) is 5.26 Å². The minimum atomic E-state index is -0.393. The predicted octanol–water partition coefficient (Wildman–Crippen LogP) is 2.75. The zero-order valence-corrected chi connectivity index (χ0v) is 15.2. The van der Waals surface area contributed by atoms with Crippen molar-refractivity contribution in [2.75, 3.05) is 11.1 Å². The molecule has 2 aromatic rings. The third-order valence-corrected chi connectivity index (χ3v) is 4.06. The van der Waals surface area contributed by atoms with E-state index >= 15 is 0 Å². The number of pyridine rings is 1. The van der Waals surface area contributed by atoms with Crippen LogP contribution in [0.25, 0.3) is 0 Å². The number of hydrogen-bond acceptors (Lipinski definition) is 4. The molecule has 0 unspecified atom stereocenters. The number of halogens is 1. The molecule has 132 valence electrons. The molecule has 1 aromatic carbocycles. The molecule has 7 heteroatoms. The summed E-state index contributed by atoms with van der Waals surface area (Å²) in [4.78, 5) is 26.6. The lowest BCUT2D eigenvalue weighted by molar-refractivity contribution is -0.116. The van der Waals surface area contributed by atoms with E-state index in [1.165, 1.54) is 0 Å². The zero-order valence-electron chi connectivity index (χ0n) is 14.4. The van der Waals surface area contributed by atoms with E-state index in [1.54, 1.807) is 26.0 Å². The van der Waals surface area contributed by atoms with Crippen LogP contribution < -0.4 is 16.6 Å². The second-order valence-corrected chi connectivity index (χ2v) is 5.79. The number of nitrogens with one attached hydrogen (secondary N) is 2. The van der Waals surface area contributed by atoms with Gasteiger partial charge in [0.05, 0.1) is 0 Å². The fourth-order valence-electron chi connectivity index (χ4n) is 2.65. The highest BCUT2D eigenvalue weighted by Gasteiger charge is 2.13. The maximum Gasteiger partial charge on any atom is 0.266 e. The molecule has 1 aromatic heterocycles. The van der Waals surface area contributed by atoms with Gasteiger partial charge in [-0.05, 0) is 56.0 Å².